The minimum atomic E-state index is -0.770. The van der Waals surface area contributed by atoms with E-state index in [1.165, 1.54) is 0 Å². The molecule has 0 aliphatic carbocycles. The van der Waals surface area contributed by atoms with E-state index < -0.39 is 5.97 Å². The molecule has 0 bridgehead atoms. The average Bonchev–Trinajstić information content (AvgIpc) is 2.38. The zero-order valence-corrected chi connectivity index (χ0v) is 11.6. The van der Waals surface area contributed by atoms with Crippen LogP contribution in [0.25, 0.3) is 0 Å². The molecule has 1 aliphatic rings. The van der Waals surface area contributed by atoms with E-state index in [1.807, 2.05) is 31.2 Å². The van der Waals surface area contributed by atoms with Crippen LogP contribution in [0.3, 0.4) is 0 Å². The fourth-order valence-electron chi connectivity index (χ4n) is 2.28. The van der Waals surface area contributed by atoms with Gasteiger partial charge in [0.15, 0.2) is 0 Å². The van der Waals surface area contributed by atoms with Crippen LogP contribution in [-0.2, 0) is 9.53 Å². The third-order valence-corrected chi connectivity index (χ3v) is 3.77. The number of hydrogen-bond donors (Lipinski definition) is 1. The summed E-state index contributed by atoms with van der Waals surface area (Å²) in [5.74, 6) is -0.770. The molecule has 0 radical (unpaired) electrons. The van der Waals surface area contributed by atoms with E-state index in [1.54, 1.807) is 0 Å². The first kappa shape index (κ1) is 14.3. The van der Waals surface area contributed by atoms with Crippen LogP contribution in [0, 0.1) is 0 Å². The van der Waals surface area contributed by atoms with Crippen molar-refractivity contribution >= 4 is 17.6 Å². The Morgan fingerprint density at radius 2 is 2.26 bits per heavy atom. The Morgan fingerprint density at radius 1 is 1.53 bits per heavy atom. The third-order valence-electron chi connectivity index (χ3n) is 3.43. The monoisotopic (exact) mass is 283 g/mol. The van der Waals surface area contributed by atoms with Gasteiger partial charge in [-0.15, -0.1) is 0 Å². The summed E-state index contributed by atoms with van der Waals surface area (Å²) in [6, 6.07) is 7.86. The van der Waals surface area contributed by atoms with Crippen molar-refractivity contribution < 1.29 is 14.6 Å². The molecular weight excluding hydrogens is 266 g/mol. The minimum Gasteiger partial charge on any atom is -0.481 e. The van der Waals surface area contributed by atoms with Crippen LogP contribution in [-0.4, -0.2) is 41.7 Å². The lowest BCUT2D eigenvalue weighted by Crippen LogP contribution is -2.45. The van der Waals surface area contributed by atoms with E-state index in [9.17, 15) is 4.79 Å². The van der Waals surface area contributed by atoms with Gasteiger partial charge in [0.2, 0.25) is 0 Å². The van der Waals surface area contributed by atoms with E-state index >= 15 is 0 Å². The molecule has 1 N–H and O–H groups in total. The van der Waals surface area contributed by atoms with Crippen LogP contribution in [0.4, 0.5) is 0 Å². The summed E-state index contributed by atoms with van der Waals surface area (Å²) < 4.78 is 5.82. The lowest BCUT2D eigenvalue weighted by atomic mass is 10.1. The van der Waals surface area contributed by atoms with Crippen LogP contribution in [0.1, 0.15) is 25.0 Å². The lowest BCUT2D eigenvalue weighted by Gasteiger charge is -2.38. The molecule has 2 atom stereocenters. The third kappa shape index (κ3) is 3.69. The summed E-state index contributed by atoms with van der Waals surface area (Å²) >= 11 is 6.18. The number of hydrogen-bond acceptors (Lipinski definition) is 3. The minimum absolute atomic E-state index is 0.0845. The summed E-state index contributed by atoms with van der Waals surface area (Å²) in [5.41, 5.74) is 0.969. The van der Waals surface area contributed by atoms with Gasteiger partial charge in [0, 0.05) is 29.7 Å². The van der Waals surface area contributed by atoms with Gasteiger partial charge in [-0.05, 0) is 13.0 Å². The quantitative estimate of drug-likeness (QED) is 0.923. The van der Waals surface area contributed by atoms with Crippen LogP contribution in [0.15, 0.2) is 24.3 Å². The lowest BCUT2D eigenvalue weighted by molar-refractivity contribution is -0.138. The van der Waals surface area contributed by atoms with Crippen LogP contribution < -0.4 is 0 Å². The average molecular weight is 284 g/mol. The molecule has 104 valence electrons. The summed E-state index contributed by atoms with van der Waals surface area (Å²) in [7, 11) is 0. The van der Waals surface area contributed by atoms with Gasteiger partial charge in [-0.25, -0.2) is 0 Å². The molecule has 1 saturated heterocycles. The zero-order valence-electron chi connectivity index (χ0n) is 10.9. The van der Waals surface area contributed by atoms with Crippen molar-refractivity contribution in [2.75, 3.05) is 19.7 Å². The van der Waals surface area contributed by atoms with Gasteiger partial charge >= 0.3 is 5.97 Å². The van der Waals surface area contributed by atoms with Crippen molar-refractivity contribution in [3.63, 3.8) is 0 Å². The topological polar surface area (TPSA) is 49.8 Å². The predicted octanol–water partition coefficient (Wildman–Crippen LogP) is 2.58. The largest absolute Gasteiger partial charge is 0.481 e. The highest BCUT2D eigenvalue weighted by Gasteiger charge is 2.28. The summed E-state index contributed by atoms with van der Waals surface area (Å²) in [6.07, 6.45) is 0.0678. The molecule has 0 spiro atoms. The Bertz CT molecular complexity index is 452. The van der Waals surface area contributed by atoms with Gasteiger partial charge in [0.25, 0.3) is 0 Å². The Labute approximate surface area is 117 Å². The number of carboxylic acid groups (broad SMARTS) is 1. The van der Waals surface area contributed by atoms with Crippen LogP contribution in [0.2, 0.25) is 5.02 Å². The molecule has 1 aromatic carbocycles. The molecule has 2 rings (SSSR count). The predicted molar refractivity (Wildman–Crippen MR) is 73.4 cm³/mol. The van der Waals surface area contributed by atoms with Crippen molar-refractivity contribution in [3.8, 4) is 0 Å². The van der Waals surface area contributed by atoms with Crippen molar-refractivity contribution in [1.82, 2.24) is 4.90 Å². The van der Waals surface area contributed by atoms with Gasteiger partial charge in [-0.2, -0.15) is 0 Å². The molecule has 0 unspecified atom stereocenters. The van der Waals surface area contributed by atoms with Crippen molar-refractivity contribution in [3.05, 3.63) is 34.9 Å². The molecule has 1 aliphatic heterocycles. The number of nitrogens with zero attached hydrogens (tertiary/aromatic N) is 1. The van der Waals surface area contributed by atoms with Crippen molar-refractivity contribution in [2.45, 2.75) is 25.5 Å². The van der Waals surface area contributed by atoms with E-state index in [0.717, 1.165) is 5.56 Å². The molecule has 5 heteroatoms. The fourth-order valence-corrected chi connectivity index (χ4v) is 2.54. The molecule has 0 saturated carbocycles. The van der Waals surface area contributed by atoms with Crippen molar-refractivity contribution in [2.24, 2.45) is 0 Å². The van der Waals surface area contributed by atoms with E-state index in [-0.39, 0.29) is 18.6 Å². The normalized spacial score (nSPS) is 24.3. The number of halogens is 1. The highest BCUT2D eigenvalue weighted by Crippen LogP contribution is 2.29. The molecular formula is C14H18ClNO3. The standard InChI is InChI=1S/C14H18ClNO3/c1-10-9-19-13(8-16(10)7-6-14(17)18)11-4-2-3-5-12(11)15/h2-5,10,13H,6-9H2,1H3,(H,17,18)/t10-,13+/m1/s1. The number of aliphatic carboxylic acids is 1. The molecule has 0 amide bonds. The maximum atomic E-state index is 10.7. The highest BCUT2D eigenvalue weighted by molar-refractivity contribution is 6.31. The molecule has 19 heavy (non-hydrogen) atoms. The SMILES string of the molecule is C[C@@H]1CO[C@H](c2ccccc2Cl)CN1CCC(=O)O. The summed E-state index contributed by atoms with van der Waals surface area (Å²) in [6.45, 7) is 3.86. The number of benzene rings is 1. The first-order valence-corrected chi connectivity index (χ1v) is 6.77. The Hall–Kier alpha value is -1.10. The second-order valence-electron chi connectivity index (χ2n) is 4.83. The highest BCUT2D eigenvalue weighted by atomic mass is 35.5. The number of morpholine rings is 1. The van der Waals surface area contributed by atoms with E-state index in [4.69, 9.17) is 21.4 Å². The second kappa shape index (κ2) is 6.37. The summed E-state index contributed by atoms with van der Waals surface area (Å²) in [5, 5.41) is 9.47. The van der Waals surface area contributed by atoms with E-state index in [0.29, 0.717) is 24.7 Å². The molecule has 1 heterocycles. The first-order chi connectivity index (χ1) is 9.08. The maximum absolute atomic E-state index is 10.7. The number of rotatable bonds is 4. The van der Waals surface area contributed by atoms with Gasteiger partial charge in [-0.1, -0.05) is 29.8 Å². The molecule has 0 aromatic heterocycles. The zero-order chi connectivity index (χ0) is 13.8. The van der Waals surface area contributed by atoms with E-state index in [2.05, 4.69) is 4.90 Å². The Balaban J connectivity index is 2.04. The summed E-state index contributed by atoms with van der Waals surface area (Å²) in [4.78, 5) is 12.8. The number of carboxylic acids is 1. The van der Waals surface area contributed by atoms with Crippen molar-refractivity contribution in [1.29, 1.82) is 0 Å². The van der Waals surface area contributed by atoms with Gasteiger partial charge in [0.1, 0.15) is 0 Å². The number of ether oxygens (including phenoxy) is 1. The Kier molecular flexibility index (Phi) is 4.80. The Morgan fingerprint density at radius 3 is 2.95 bits per heavy atom. The smallest absolute Gasteiger partial charge is 0.304 e. The van der Waals surface area contributed by atoms with Gasteiger partial charge in [-0.3, -0.25) is 9.69 Å². The van der Waals surface area contributed by atoms with Crippen LogP contribution in [0.5, 0.6) is 0 Å². The maximum Gasteiger partial charge on any atom is 0.304 e. The molecule has 4 nitrogen and oxygen atoms in total. The second-order valence-corrected chi connectivity index (χ2v) is 5.24. The van der Waals surface area contributed by atoms with Gasteiger partial charge < -0.3 is 9.84 Å². The first-order valence-electron chi connectivity index (χ1n) is 6.40. The van der Waals surface area contributed by atoms with Crippen LogP contribution >= 0.6 is 11.6 Å². The molecule has 1 aromatic rings. The fraction of sp³-hybridized carbons (Fsp3) is 0.500. The van der Waals surface area contributed by atoms with Gasteiger partial charge in [0.05, 0.1) is 19.1 Å². The number of carbonyl (C=O) groups is 1. The molecule has 1 fully saturated rings.